The Kier molecular flexibility index (Phi) is 57.7. The number of hydrogen-bond donors (Lipinski definition) is 2. The van der Waals surface area contributed by atoms with Gasteiger partial charge in [0.25, 0.3) is 0 Å². The number of carbonyl (C=O) groups is 2. The van der Waals surface area contributed by atoms with Crippen molar-refractivity contribution in [3.05, 3.63) is 97.2 Å². The van der Waals surface area contributed by atoms with Crippen LogP contribution in [0.25, 0.3) is 0 Å². The Morgan fingerprint density at radius 2 is 0.733 bits per heavy atom. The largest absolute Gasteiger partial charge is 0.472 e. The summed E-state index contributed by atoms with van der Waals surface area (Å²) in [4.78, 5) is 35.1. The molecule has 0 amide bonds. The number of unbranched alkanes of at least 4 members (excludes halogenated alkanes) is 28. The summed E-state index contributed by atoms with van der Waals surface area (Å²) >= 11 is 0. The zero-order valence-electron chi connectivity index (χ0n) is 48.3. The molecule has 0 fully saturated rings. The Bertz CT molecular complexity index is 1550. The third-order valence-electron chi connectivity index (χ3n) is 12.9. The van der Waals surface area contributed by atoms with Crippen molar-refractivity contribution in [3.63, 3.8) is 0 Å². The molecule has 0 aliphatic carbocycles. The fourth-order valence-electron chi connectivity index (χ4n) is 8.44. The molecular weight excluding hydrogens is 954 g/mol. The van der Waals surface area contributed by atoms with Gasteiger partial charge in [-0.25, -0.2) is 4.57 Å². The summed E-state index contributed by atoms with van der Waals surface area (Å²) in [7, 11) is -4.39. The minimum absolute atomic E-state index is 0.0498. The normalized spacial score (nSPS) is 13.7. The second-order valence-electron chi connectivity index (χ2n) is 20.2. The van der Waals surface area contributed by atoms with E-state index in [4.69, 9.17) is 24.3 Å². The first-order valence-corrected chi connectivity index (χ1v) is 32.2. The van der Waals surface area contributed by atoms with Crippen LogP contribution in [0.5, 0.6) is 0 Å². The van der Waals surface area contributed by atoms with Crippen LogP contribution in [-0.2, 0) is 32.7 Å². The van der Waals surface area contributed by atoms with Gasteiger partial charge < -0.3 is 20.1 Å². The third-order valence-corrected chi connectivity index (χ3v) is 13.9. The van der Waals surface area contributed by atoms with Crippen molar-refractivity contribution in [2.45, 2.75) is 277 Å². The van der Waals surface area contributed by atoms with Gasteiger partial charge in [-0.3, -0.25) is 18.6 Å². The minimum Gasteiger partial charge on any atom is -0.462 e. The molecule has 0 aromatic rings. The molecule has 0 spiro atoms. The van der Waals surface area contributed by atoms with Gasteiger partial charge in [0.05, 0.1) is 13.2 Å². The first kappa shape index (κ1) is 71.9. The summed E-state index contributed by atoms with van der Waals surface area (Å²) in [5, 5.41) is 0. The van der Waals surface area contributed by atoms with Crippen LogP contribution in [-0.4, -0.2) is 49.3 Å². The molecule has 0 saturated heterocycles. The summed E-state index contributed by atoms with van der Waals surface area (Å²) in [5.74, 6) is -0.840. The van der Waals surface area contributed by atoms with Crippen molar-refractivity contribution >= 4 is 19.8 Å². The Morgan fingerprint density at radius 3 is 1.09 bits per heavy atom. The van der Waals surface area contributed by atoms with Crippen LogP contribution in [0.4, 0.5) is 0 Å². The lowest BCUT2D eigenvalue weighted by Crippen LogP contribution is -2.29. The highest BCUT2D eigenvalue weighted by atomic mass is 31.2. The second-order valence-corrected chi connectivity index (χ2v) is 21.6. The average molecular weight is 1070 g/mol. The highest BCUT2D eigenvalue weighted by Crippen LogP contribution is 2.43. The Balaban J connectivity index is 3.78. The van der Waals surface area contributed by atoms with E-state index in [0.717, 1.165) is 103 Å². The molecule has 0 rings (SSSR count). The Hall–Kier alpha value is -3.07. The maximum absolute atomic E-state index is 12.7. The monoisotopic (exact) mass is 1070 g/mol. The molecular formula is C65H114NO8P. The van der Waals surface area contributed by atoms with Gasteiger partial charge in [0, 0.05) is 19.4 Å². The van der Waals surface area contributed by atoms with E-state index in [9.17, 15) is 19.0 Å². The number of hydrogen-bond acceptors (Lipinski definition) is 8. The first-order chi connectivity index (χ1) is 36.8. The summed E-state index contributed by atoms with van der Waals surface area (Å²) in [5.41, 5.74) is 5.37. The number of ether oxygens (including phenoxy) is 2. The molecule has 0 aromatic carbocycles. The van der Waals surface area contributed by atoms with Gasteiger partial charge in [0.1, 0.15) is 6.61 Å². The number of nitrogens with two attached hydrogens (primary N) is 1. The van der Waals surface area contributed by atoms with E-state index in [-0.39, 0.29) is 32.6 Å². The topological polar surface area (TPSA) is 134 Å². The van der Waals surface area contributed by atoms with Crippen molar-refractivity contribution in [2.24, 2.45) is 5.73 Å². The van der Waals surface area contributed by atoms with Crippen LogP contribution in [0.3, 0.4) is 0 Å². The zero-order chi connectivity index (χ0) is 54.5. The number of phosphoric ester groups is 1. The summed E-state index contributed by atoms with van der Waals surface area (Å²) in [6.45, 7) is 3.56. The minimum atomic E-state index is -4.39. The highest BCUT2D eigenvalue weighted by molar-refractivity contribution is 7.47. The average Bonchev–Trinajstić information content (AvgIpc) is 3.40. The van der Waals surface area contributed by atoms with E-state index in [1.807, 2.05) is 0 Å². The van der Waals surface area contributed by atoms with Crippen LogP contribution in [0.1, 0.15) is 271 Å². The van der Waals surface area contributed by atoms with Gasteiger partial charge in [-0.1, -0.05) is 265 Å². The van der Waals surface area contributed by atoms with Crippen molar-refractivity contribution in [2.75, 3.05) is 26.4 Å². The van der Waals surface area contributed by atoms with Crippen molar-refractivity contribution in [1.29, 1.82) is 0 Å². The maximum Gasteiger partial charge on any atom is 0.472 e. The lowest BCUT2D eigenvalue weighted by atomic mass is 10.0. The molecule has 0 aliphatic heterocycles. The van der Waals surface area contributed by atoms with E-state index in [0.29, 0.717) is 12.8 Å². The summed E-state index contributed by atoms with van der Waals surface area (Å²) < 4.78 is 33.0. The number of carbonyl (C=O) groups excluding carboxylic acids is 2. The van der Waals surface area contributed by atoms with Crippen LogP contribution in [0.15, 0.2) is 97.2 Å². The number of esters is 2. The molecule has 75 heavy (non-hydrogen) atoms. The molecule has 0 heterocycles. The lowest BCUT2D eigenvalue weighted by Gasteiger charge is -2.19. The van der Waals surface area contributed by atoms with E-state index < -0.39 is 32.5 Å². The Morgan fingerprint density at radius 1 is 0.413 bits per heavy atom. The Labute approximate surface area is 461 Å². The number of allylic oxidation sites excluding steroid dienone is 16. The third kappa shape index (κ3) is 60.0. The maximum atomic E-state index is 12.7. The summed E-state index contributed by atoms with van der Waals surface area (Å²) in [6, 6.07) is 0. The molecule has 0 bridgehead atoms. The lowest BCUT2D eigenvalue weighted by molar-refractivity contribution is -0.161. The van der Waals surface area contributed by atoms with Crippen molar-refractivity contribution in [3.8, 4) is 0 Å². The van der Waals surface area contributed by atoms with Crippen LogP contribution < -0.4 is 5.73 Å². The molecule has 0 radical (unpaired) electrons. The first-order valence-electron chi connectivity index (χ1n) is 30.7. The van der Waals surface area contributed by atoms with Gasteiger partial charge in [0.2, 0.25) is 0 Å². The van der Waals surface area contributed by atoms with Gasteiger partial charge in [-0.15, -0.1) is 0 Å². The van der Waals surface area contributed by atoms with Gasteiger partial charge in [-0.05, 0) is 89.9 Å². The highest BCUT2D eigenvalue weighted by Gasteiger charge is 2.26. The fraction of sp³-hybridized carbons (Fsp3) is 0.723. The molecule has 2 unspecified atom stereocenters. The van der Waals surface area contributed by atoms with Crippen LogP contribution >= 0.6 is 7.82 Å². The molecule has 9 nitrogen and oxygen atoms in total. The fourth-order valence-corrected chi connectivity index (χ4v) is 9.21. The number of rotatable bonds is 57. The van der Waals surface area contributed by atoms with Crippen molar-refractivity contribution in [1.82, 2.24) is 0 Å². The van der Waals surface area contributed by atoms with Crippen LogP contribution in [0.2, 0.25) is 0 Å². The zero-order valence-corrected chi connectivity index (χ0v) is 49.2. The molecule has 0 aliphatic rings. The predicted molar refractivity (Wildman–Crippen MR) is 321 cm³/mol. The van der Waals surface area contributed by atoms with E-state index >= 15 is 0 Å². The molecule has 2 atom stereocenters. The SMILES string of the molecule is CC/C=C\C/C=C\C/C=C\C/C=C\C/C=C\C/C=C\CCCCCCCCCCCCCCCCCCCCCCCCC(=O)OC(COC(=O)CCCCCCC/C=C\C/C=C\CCC)COP(=O)(O)OCCN. The van der Waals surface area contributed by atoms with Crippen LogP contribution in [0, 0.1) is 0 Å². The second kappa shape index (κ2) is 60.2. The van der Waals surface area contributed by atoms with Gasteiger partial charge >= 0.3 is 19.8 Å². The quantitative estimate of drug-likeness (QED) is 0.0264. The van der Waals surface area contributed by atoms with Crippen molar-refractivity contribution < 1.29 is 37.6 Å². The molecule has 432 valence electrons. The van der Waals surface area contributed by atoms with E-state index in [1.54, 1.807) is 0 Å². The number of phosphoric acid groups is 1. The molecule has 10 heteroatoms. The smallest absolute Gasteiger partial charge is 0.462 e. The molecule has 0 aromatic heterocycles. The van der Waals surface area contributed by atoms with E-state index in [1.165, 1.54) is 128 Å². The van der Waals surface area contributed by atoms with Gasteiger partial charge in [0.15, 0.2) is 6.10 Å². The summed E-state index contributed by atoms with van der Waals surface area (Å²) in [6.07, 6.45) is 80.7. The van der Waals surface area contributed by atoms with E-state index in [2.05, 4.69) is 111 Å². The predicted octanol–water partition coefficient (Wildman–Crippen LogP) is 19.6. The molecule has 3 N–H and O–H groups in total. The molecule has 0 saturated carbocycles. The standard InChI is InChI=1S/C65H114NO8P/c1-3-5-7-9-11-13-15-17-18-19-20-21-22-23-24-25-26-27-28-29-30-31-32-33-34-35-36-37-38-39-40-41-42-43-44-46-48-50-52-54-56-58-65(68)74-63(62-73-75(69,70)72-60-59-66)61-71-64(67)57-55-53-51-49-47-45-16-14-12-10-8-6-4-2/h5,7-8,10-11,13-14,16-18,20-21,23-24,26-27,63H,3-4,6,9,12,15,19,22,25,28-62,66H2,1-2H3,(H,69,70)/b7-5-,10-8-,13-11-,16-14-,18-17-,21-20-,24-23-,27-26-. The van der Waals surface area contributed by atoms with Gasteiger partial charge in [-0.2, -0.15) is 0 Å².